The number of rotatable bonds is 8. The lowest BCUT2D eigenvalue weighted by Gasteiger charge is -2.21. The van der Waals surface area contributed by atoms with Crippen molar-refractivity contribution < 1.29 is 18.9 Å². The summed E-state index contributed by atoms with van der Waals surface area (Å²) in [7, 11) is 3.24. The molecule has 5 heteroatoms. The van der Waals surface area contributed by atoms with E-state index >= 15 is 0 Å². The van der Waals surface area contributed by atoms with Crippen LogP contribution in [-0.4, -0.2) is 27.8 Å². The Labute approximate surface area is 184 Å². The summed E-state index contributed by atoms with van der Waals surface area (Å²) < 4.78 is 22.6. The van der Waals surface area contributed by atoms with Gasteiger partial charge < -0.3 is 18.9 Å². The van der Waals surface area contributed by atoms with E-state index in [-0.39, 0.29) is 13.6 Å². The van der Waals surface area contributed by atoms with E-state index in [1.165, 1.54) is 0 Å². The molecular weight excluding hydrogens is 444 g/mol. The maximum Gasteiger partial charge on any atom is 0.188 e. The minimum absolute atomic E-state index is 0.157. The van der Waals surface area contributed by atoms with Gasteiger partial charge in [-0.15, -0.1) is 0 Å². The summed E-state index contributed by atoms with van der Waals surface area (Å²) in [5.41, 5.74) is 3.02. The predicted molar refractivity (Wildman–Crippen MR) is 125 cm³/mol. The summed E-state index contributed by atoms with van der Waals surface area (Å²) in [5, 5.41) is 5.10. The summed E-state index contributed by atoms with van der Waals surface area (Å²) in [6, 6.07) is 22.8. The Kier molecular flexibility index (Phi) is 6.53. The van der Waals surface area contributed by atoms with Gasteiger partial charge in [0, 0.05) is 36.2 Å². The van der Waals surface area contributed by atoms with Crippen molar-refractivity contribution in [3.63, 3.8) is 0 Å². The van der Waals surface area contributed by atoms with Crippen LogP contribution in [0.1, 0.15) is 5.56 Å². The van der Waals surface area contributed by atoms with Crippen LogP contribution in [-0.2, 0) is 14.8 Å². The molecule has 0 N–H and O–H groups in total. The van der Waals surface area contributed by atoms with Crippen molar-refractivity contribution in [3.05, 3.63) is 72.3 Å². The molecule has 0 saturated carbocycles. The summed E-state index contributed by atoms with van der Waals surface area (Å²) >= 11 is 3.63. The van der Waals surface area contributed by atoms with Crippen molar-refractivity contribution in [3.8, 4) is 22.6 Å². The van der Waals surface area contributed by atoms with Gasteiger partial charge in [0.15, 0.2) is 13.6 Å². The third-order valence-electron chi connectivity index (χ3n) is 5.02. The Balaban J connectivity index is 2.13. The molecule has 30 heavy (non-hydrogen) atoms. The molecule has 0 unspecified atom stereocenters. The molecule has 0 aliphatic heterocycles. The molecular formula is C25H23BrO4. The van der Waals surface area contributed by atoms with Crippen LogP contribution in [0.5, 0.6) is 11.5 Å². The first kappa shape index (κ1) is 20.7. The highest BCUT2D eigenvalue weighted by atomic mass is 79.9. The molecule has 0 saturated heterocycles. The van der Waals surface area contributed by atoms with Crippen molar-refractivity contribution in [2.24, 2.45) is 0 Å². The number of ether oxygens (including phenoxy) is 4. The van der Waals surface area contributed by atoms with Crippen molar-refractivity contribution in [1.82, 2.24) is 0 Å². The smallest absolute Gasteiger partial charge is 0.188 e. The second-order valence-corrected chi connectivity index (χ2v) is 7.42. The van der Waals surface area contributed by atoms with Crippen LogP contribution in [0.15, 0.2) is 66.7 Å². The number of methoxy groups -OCH3 is 2. The number of alkyl halides is 1. The Morgan fingerprint density at radius 2 is 1.33 bits per heavy atom. The van der Waals surface area contributed by atoms with Crippen molar-refractivity contribution in [1.29, 1.82) is 0 Å². The highest BCUT2D eigenvalue weighted by Gasteiger charge is 2.21. The summed E-state index contributed by atoms with van der Waals surface area (Å²) in [6.45, 7) is 0.319. The first-order valence-corrected chi connectivity index (χ1v) is 10.8. The highest BCUT2D eigenvalue weighted by molar-refractivity contribution is 9.08. The van der Waals surface area contributed by atoms with Gasteiger partial charge in [0.25, 0.3) is 0 Å². The van der Waals surface area contributed by atoms with Gasteiger partial charge in [-0.1, -0.05) is 70.5 Å². The van der Waals surface area contributed by atoms with Crippen LogP contribution >= 0.6 is 15.9 Å². The molecule has 0 aliphatic carbocycles. The number of halogens is 1. The molecule has 0 spiro atoms. The second-order valence-electron chi connectivity index (χ2n) is 6.86. The van der Waals surface area contributed by atoms with Gasteiger partial charge >= 0.3 is 0 Å². The lowest BCUT2D eigenvalue weighted by atomic mass is 9.90. The predicted octanol–water partition coefficient (Wildman–Crippen LogP) is 6.52. The van der Waals surface area contributed by atoms with E-state index in [0.29, 0.717) is 5.33 Å². The van der Waals surface area contributed by atoms with Gasteiger partial charge in [-0.2, -0.15) is 0 Å². The normalized spacial score (nSPS) is 11.2. The second kappa shape index (κ2) is 9.47. The maximum atomic E-state index is 6.14. The number of fused-ring (bicyclic) bond motifs is 2. The van der Waals surface area contributed by atoms with E-state index in [9.17, 15) is 0 Å². The largest absolute Gasteiger partial charge is 0.467 e. The summed E-state index contributed by atoms with van der Waals surface area (Å²) in [4.78, 5) is 0. The Hall–Kier alpha value is -2.60. The Bertz CT molecular complexity index is 1170. The van der Waals surface area contributed by atoms with Crippen molar-refractivity contribution >= 4 is 37.5 Å². The minimum atomic E-state index is 0.157. The molecule has 4 aromatic carbocycles. The van der Waals surface area contributed by atoms with E-state index in [1.54, 1.807) is 14.2 Å². The molecule has 0 bridgehead atoms. The fourth-order valence-corrected chi connectivity index (χ4v) is 4.19. The quantitative estimate of drug-likeness (QED) is 0.218. The van der Waals surface area contributed by atoms with E-state index in [4.69, 9.17) is 18.9 Å². The number of hydrogen-bond acceptors (Lipinski definition) is 4. The van der Waals surface area contributed by atoms with Crippen LogP contribution in [0.4, 0.5) is 0 Å². The van der Waals surface area contributed by atoms with Gasteiger partial charge in [-0.05, 0) is 33.7 Å². The highest BCUT2D eigenvalue weighted by Crippen LogP contribution is 2.47. The lowest BCUT2D eigenvalue weighted by molar-refractivity contribution is 0.0499. The fourth-order valence-electron chi connectivity index (χ4n) is 3.77. The van der Waals surface area contributed by atoms with Crippen LogP contribution in [0.2, 0.25) is 0 Å². The molecule has 0 amide bonds. The molecule has 4 aromatic rings. The minimum Gasteiger partial charge on any atom is -0.467 e. The molecule has 0 fully saturated rings. The Morgan fingerprint density at radius 1 is 0.700 bits per heavy atom. The van der Waals surface area contributed by atoms with Gasteiger partial charge in [0.2, 0.25) is 0 Å². The van der Waals surface area contributed by atoms with E-state index in [1.807, 2.05) is 30.3 Å². The standard InChI is InChI=1S/C25H23BrO4/c1-27-15-29-22-12-11-17-7-3-5-9-20(17)23(22)24-21-10-6-4-8-18(21)13-19(14-26)25(24)30-16-28-2/h3-13H,14-16H2,1-2H3. The zero-order chi connectivity index (χ0) is 20.9. The van der Waals surface area contributed by atoms with Gasteiger partial charge in [0.05, 0.1) is 0 Å². The zero-order valence-corrected chi connectivity index (χ0v) is 18.6. The van der Waals surface area contributed by atoms with Crippen LogP contribution in [0.3, 0.4) is 0 Å². The van der Waals surface area contributed by atoms with E-state index in [2.05, 4.69) is 52.3 Å². The summed E-state index contributed by atoms with van der Waals surface area (Å²) in [6.07, 6.45) is 0. The maximum absolute atomic E-state index is 6.14. The fraction of sp³-hybridized carbons (Fsp3) is 0.200. The molecule has 154 valence electrons. The number of hydrogen-bond donors (Lipinski definition) is 0. The molecule has 0 atom stereocenters. The molecule has 0 aromatic heterocycles. The first-order valence-electron chi connectivity index (χ1n) is 9.64. The van der Waals surface area contributed by atoms with Gasteiger partial charge in [-0.25, -0.2) is 0 Å². The molecule has 0 radical (unpaired) electrons. The topological polar surface area (TPSA) is 36.9 Å². The average Bonchev–Trinajstić information content (AvgIpc) is 2.80. The third-order valence-corrected chi connectivity index (χ3v) is 5.62. The zero-order valence-electron chi connectivity index (χ0n) is 17.0. The van der Waals surface area contributed by atoms with Crippen molar-refractivity contribution in [2.75, 3.05) is 27.8 Å². The first-order chi connectivity index (χ1) is 14.8. The van der Waals surface area contributed by atoms with Crippen LogP contribution < -0.4 is 9.47 Å². The lowest BCUT2D eigenvalue weighted by Crippen LogP contribution is -2.05. The van der Waals surface area contributed by atoms with E-state index in [0.717, 1.165) is 49.7 Å². The van der Waals surface area contributed by atoms with Crippen LogP contribution in [0.25, 0.3) is 32.7 Å². The van der Waals surface area contributed by atoms with Gasteiger partial charge in [-0.3, -0.25) is 0 Å². The molecule has 0 heterocycles. The molecule has 0 aliphatic rings. The molecule has 4 nitrogen and oxygen atoms in total. The average molecular weight is 467 g/mol. The van der Waals surface area contributed by atoms with E-state index < -0.39 is 0 Å². The summed E-state index contributed by atoms with van der Waals surface area (Å²) in [5.74, 6) is 1.53. The number of benzene rings is 4. The van der Waals surface area contributed by atoms with Crippen LogP contribution in [0, 0.1) is 0 Å². The molecule has 4 rings (SSSR count). The van der Waals surface area contributed by atoms with Crippen molar-refractivity contribution in [2.45, 2.75) is 5.33 Å². The monoisotopic (exact) mass is 466 g/mol. The SMILES string of the molecule is COCOc1ccc2ccccc2c1-c1c(OCOC)c(CBr)cc2ccccc12. The third kappa shape index (κ3) is 3.88. The van der Waals surface area contributed by atoms with Gasteiger partial charge in [0.1, 0.15) is 11.5 Å². The Morgan fingerprint density at radius 3 is 2.03 bits per heavy atom.